The maximum absolute atomic E-state index is 12.6. The summed E-state index contributed by atoms with van der Waals surface area (Å²) in [5.74, 6) is -1.35. The Kier molecular flexibility index (Phi) is 3.43. The van der Waals surface area contributed by atoms with Crippen molar-refractivity contribution in [3.8, 4) is 0 Å². The van der Waals surface area contributed by atoms with Crippen molar-refractivity contribution >= 4 is 5.97 Å². The zero-order valence-corrected chi connectivity index (χ0v) is 12.4. The van der Waals surface area contributed by atoms with Gasteiger partial charge in [0.1, 0.15) is 5.41 Å². The van der Waals surface area contributed by atoms with Gasteiger partial charge in [-0.1, -0.05) is 0 Å². The minimum absolute atomic E-state index is 0.191. The Bertz CT molecular complexity index is 534. The minimum atomic E-state index is -0.909. The van der Waals surface area contributed by atoms with Crippen LogP contribution in [0.1, 0.15) is 5.69 Å². The van der Waals surface area contributed by atoms with Crippen molar-refractivity contribution in [3.05, 3.63) is 24.3 Å². The molecule has 0 aromatic carbocycles. The summed E-state index contributed by atoms with van der Waals surface area (Å²) >= 11 is 0. The molecule has 2 aliphatic rings. The number of piperidine rings is 1. The molecule has 1 aromatic rings. The van der Waals surface area contributed by atoms with Gasteiger partial charge in [-0.05, 0) is 0 Å². The molecule has 3 atom stereocenters. The molecule has 3 rings (SSSR count). The lowest BCUT2D eigenvalue weighted by atomic mass is 9.70. The van der Waals surface area contributed by atoms with Crippen molar-refractivity contribution in [1.29, 1.82) is 0 Å². The number of carbonyl (C=O) groups excluding carboxylic acids is 1. The zero-order chi connectivity index (χ0) is 15.1. The predicted molar refractivity (Wildman–Crippen MR) is 72.4 cm³/mol. The number of rotatable bonds is 4. The largest absolute Gasteiger partial charge is 0.468 e. The van der Waals surface area contributed by atoms with Crippen molar-refractivity contribution in [1.82, 2.24) is 14.9 Å². The lowest BCUT2D eigenvalue weighted by molar-refractivity contribution is -0.243. The molecule has 0 aliphatic carbocycles. The van der Waals surface area contributed by atoms with Crippen LogP contribution < -0.4 is 0 Å². The SMILES string of the molecule is COC(=O)C1(c2cnccn2)CN2CC1C(OC)(OC)C2. The van der Waals surface area contributed by atoms with Gasteiger partial charge in [0.15, 0.2) is 5.79 Å². The molecule has 0 spiro atoms. The Balaban J connectivity index is 2.13. The summed E-state index contributed by atoms with van der Waals surface area (Å²) in [5, 5.41) is 0. The van der Waals surface area contributed by atoms with Crippen LogP contribution in [0.5, 0.6) is 0 Å². The molecule has 2 aliphatic heterocycles. The molecule has 1 aromatic heterocycles. The quantitative estimate of drug-likeness (QED) is 0.563. The molecule has 3 unspecified atom stereocenters. The molecule has 0 saturated carbocycles. The number of hydrogen-bond donors (Lipinski definition) is 0. The standard InChI is InChI=1S/C14H19N3O4/c1-19-12(18)13(11-6-15-4-5-16-11)8-17-7-10(13)14(9-17,20-2)21-3/h4-6,10H,7-9H2,1-3H3. The Morgan fingerprint density at radius 2 is 2.05 bits per heavy atom. The van der Waals surface area contributed by atoms with Crippen LogP contribution in [-0.2, 0) is 24.4 Å². The van der Waals surface area contributed by atoms with E-state index in [1.165, 1.54) is 7.11 Å². The lowest BCUT2D eigenvalue weighted by Gasteiger charge is -2.44. The predicted octanol–water partition coefficient (Wildman–Crippen LogP) is -0.178. The van der Waals surface area contributed by atoms with Gasteiger partial charge in [0.25, 0.3) is 0 Å². The second-order valence-electron chi connectivity index (χ2n) is 5.50. The van der Waals surface area contributed by atoms with Gasteiger partial charge >= 0.3 is 5.97 Å². The number of nitrogens with zero attached hydrogens (tertiary/aromatic N) is 3. The number of carbonyl (C=O) groups is 1. The van der Waals surface area contributed by atoms with Gasteiger partial charge in [0, 0.05) is 45.9 Å². The van der Waals surface area contributed by atoms with E-state index in [1.807, 2.05) is 0 Å². The Labute approximate surface area is 123 Å². The molecule has 114 valence electrons. The number of ether oxygens (including phenoxy) is 3. The highest BCUT2D eigenvalue weighted by molar-refractivity contribution is 5.84. The first kappa shape index (κ1) is 14.4. The van der Waals surface area contributed by atoms with Crippen molar-refractivity contribution in [2.24, 2.45) is 5.92 Å². The highest BCUT2D eigenvalue weighted by atomic mass is 16.7. The van der Waals surface area contributed by atoms with E-state index in [0.29, 0.717) is 25.3 Å². The molecule has 7 heteroatoms. The number of fused-ring (bicyclic) bond motifs is 2. The average Bonchev–Trinajstić information content (AvgIpc) is 3.11. The Hall–Kier alpha value is -1.57. The molecule has 0 amide bonds. The summed E-state index contributed by atoms with van der Waals surface area (Å²) in [4.78, 5) is 23.2. The van der Waals surface area contributed by atoms with E-state index in [0.717, 1.165) is 0 Å². The maximum atomic E-state index is 12.6. The average molecular weight is 293 g/mol. The van der Waals surface area contributed by atoms with Crippen LogP contribution in [0.4, 0.5) is 0 Å². The summed E-state index contributed by atoms with van der Waals surface area (Å²) in [5.41, 5.74) is -0.310. The highest BCUT2D eigenvalue weighted by Gasteiger charge is 2.68. The summed E-state index contributed by atoms with van der Waals surface area (Å²) in [6, 6.07) is 0. The summed E-state index contributed by atoms with van der Waals surface area (Å²) < 4.78 is 16.3. The topological polar surface area (TPSA) is 73.8 Å². The van der Waals surface area contributed by atoms with E-state index in [-0.39, 0.29) is 11.9 Å². The molecular weight excluding hydrogens is 274 g/mol. The summed E-state index contributed by atoms with van der Waals surface area (Å²) in [6.07, 6.45) is 4.79. The normalized spacial score (nSPS) is 33.1. The van der Waals surface area contributed by atoms with E-state index < -0.39 is 11.2 Å². The number of methoxy groups -OCH3 is 3. The van der Waals surface area contributed by atoms with Gasteiger partial charge in [0.05, 0.1) is 25.3 Å². The highest BCUT2D eigenvalue weighted by Crippen LogP contribution is 2.51. The summed E-state index contributed by atoms with van der Waals surface area (Å²) in [6.45, 7) is 1.87. The van der Waals surface area contributed by atoms with Crippen molar-refractivity contribution < 1.29 is 19.0 Å². The second-order valence-corrected chi connectivity index (χ2v) is 5.50. The van der Waals surface area contributed by atoms with Crippen LogP contribution in [0, 0.1) is 5.92 Å². The van der Waals surface area contributed by atoms with E-state index in [9.17, 15) is 4.79 Å². The zero-order valence-electron chi connectivity index (χ0n) is 12.4. The van der Waals surface area contributed by atoms with Crippen LogP contribution in [0.3, 0.4) is 0 Å². The van der Waals surface area contributed by atoms with Crippen LogP contribution >= 0.6 is 0 Å². The fourth-order valence-electron chi connectivity index (χ4n) is 3.78. The maximum Gasteiger partial charge on any atom is 0.319 e. The molecule has 21 heavy (non-hydrogen) atoms. The molecule has 7 nitrogen and oxygen atoms in total. The van der Waals surface area contributed by atoms with E-state index >= 15 is 0 Å². The van der Waals surface area contributed by atoms with Crippen LogP contribution in [0.2, 0.25) is 0 Å². The fraction of sp³-hybridized carbons (Fsp3) is 0.643. The second kappa shape index (κ2) is 5.01. The molecule has 3 heterocycles. The summed E-state index contributed by atoms with van der Waals surface area (Å²) in [7, 11) is 4.59. The van der Waals surface area contributed by atoms with E-state index in [1.54, 1.807) is 32.8 Å². The number of aromatic nitrogens is 2. The van der Waals surface area contributed by atoms with Crippen molar-refractivity contribution in [2.45, 2.75) is 11.2 Å². The smallest absolute Gasteiger partial charge is 0.319 e. The van der Waals surface area contributed by atoms with Gasteiger partial charge in [-0.25, -0.2) is 0 Å². The Morgan fingerprint density at radius 3 is 2.57 bits per heavy atom. The molecule has 0 N–H and O–H groups in total. The van der Waals surface area contributed by atoms with Crippen molar-refractivity contribution in [3.63, 3.8) is 0 Å². The van der Waals surface area contributed by atoms with E-state index in [2.05, 4.69) is 14.9 Å². The molecular formula is C14H19N3O4. The molecule has 2 bridgehead atoms. The van der Waals surface area contributed by atoms with Gasteiger partial charge in [0.2, 0.25) is 0 Å². The van der Waals surface area contributed by atoms with Crippen molar-refractivity contribution in [2.75, 3.05) is 41.0 Å². The first-order valence-corrected chi connectivity index (χ1v) is 6.80. The molecule has 2 fully saturated rings. The fourth-order valence-corrected chi connectivity index (χ4v) is 3.78. The van der Waals surface area contributed by atoms with Crippen LogP contribution in [0.25, 0.3) is 0 Å². The van der Waals surface area contributed by atoms with Crippen LogP contribution in [-0.4, -0.2) is 67.6 Å². The molecule has 0 radical (unpaired) electrons. The van der Waals surface area contributed by atoms with E-state index in [4.69, 9.17) is 14.2 Å². The first-order chi connectivity index (χ1) is 10.1. The third-order valence-electron chi connectivity index (χ3n) is 4.74. The number of hydrogen-bond acceptors (Lipinski definition) is 7. The lowest BCUT2D eigenvalue weighted by Crippen LogP contribution is -2.60. The van der Waals surface area contributed by atoms with Gasteiger partial charge in [-0.3, -0.25) is 19.7 Å². The minimum Gasteiger partial charge on any atom is -0.468 e. The number of esters is 1. The Morgan fingerprint density at radius 1 is 1.29 bits per heavy atom. The van der Waals surface area contributed by atoms with Crippen LogP contribution in [0.15, 0.2) is 18.6 Å². The van der Waals surface area contributed by atoms with Gasteiger partial charge in [-0.15, -0.1) is 0 Å². The third kappa shape index (κ3) is 1.81. The molecule has 2 saturated heterocycles. The van der Waals surface area contributed by atoms with Gasteiger partial charge < -0.3 is 14.2 Å². The van der Waals surface area contributed by atoms with Gasteiger partial charge in [-0.2, -0.15) is 0 Å². The monoisotopic (exact) mass is 293 g/mol. The first-order valence-electron chi connectivity index (χ1n) is 6.80. The third-order valence-corrected chi connectivity index (χ3v) is 4.74.